The summed E-state index contributed by atoms with van der Waals surface area (Å²) in [5.74, 6) is -0.816. The fourth-order valence-electron chi connectivity index (χ4n) is 4.29. The van der Waals surface area contributed by atoms with Gasteiger partial charge in [0.2, 0.25) is 0 Å². The van der Waals surface area contributed by atoms with Crippen molar-refractivity contribution in [2.75, 3.05) is 0 Å². The van der Waals surface area contributed by atoms with Gasteiger partial charge in [0, 0.05) is 5.57 Å². The molecule has 0 aromatic heterocycles. The third kappa shape index (κ3) is 2.14. The predicted octanol–water partition coefficient (Wildman–Crippen LogP) is 4.16. The highest BCUT2D eigenvalue weighted by molar-refractivity contribution is 5.85. The summed E-state index contributed by atoms with van der Waals surface area (Å²) in [5.41, 5.74) is 1.01. The molecule has 0 radical (unpaired) electrons. The van der Waals surface area contributed by atoms with Crippen LogP contribution >= 0.6 is 0 Å². The SMILES string of the molecule is C=C(CC1(C)CCCC12CCCCC2)C(=O)O. The van der Waals surface area contributed by atoms with E-state index in [1.54, 1.807) is 0 Å². The van der Waals surface area contributed by atoms with Crippen LogP contribution in [0.25, 0.3) is 0 Å². The molecule has 2 aliphatic rings. The Morgan fingerprint density at radius 2 is 1.71 bits per heavy atom. The highest BCUT2D eigenvalue weighted by atomic mass is 16.4. The van der Waals surface area contributed by atoms with Crippen molar-refractivity contribution in [2.45, 2.75) is 64.7 Å². The van der Waals surface area contributed by atoms with E-state index in [0.717, 1.165) is 0 Å². The summed E-state index contributed by atoms with van der Waals surface area (Å²) >= 11 is 0. The fourth-order valence-corrected chi connectivity index (χ4v) is 4.29. The molecule has 17 heavy (non-hydrogen) atoms. The summed E-state index contributed by atoms with van der Waals surface area (Å²) < 4.78 is 0. The minimum Gasteiger partial charge on any atom is -0.478 e. The van der Waals surface area contributed by atoms with Gasteiger partial charge in [-0.15, -0.1) is 0 Å². The van der Waals surface area contributed by atoms with Crippen LogP contribution in [0.15, 0.2) is 12.2 Å². The van der Waals surface area contributed by atoms with Gasteiger partial charge in [-0.2, -0.15) is 0 Å². The van der Waals surface area contributed by atoms with E-state index in [2.05, 4.69) is 13.5 Å². The number of hydrogen-bond donors (Lipinski definition) is 1. The number of hydrogen-bond acceptors (Lipinski definition) is 1. The van der Waals surface area contributed by atoms with E-state index in [1.807, 2.05) is 0 Å². The monoisotopic (exact) mass is 236 g/mol. The molecule has 2 rings (SSSR count). The fraction of sp³-hybridized carbons (Fsp3) is 0.800. The van der Waals surface area contributed by atoms with Gasteiger partial charge in [-0.05, 0) is 42.9 Å². The van der Waals surface area contributed by atoms with Crippen molar-refractivity contribution in [3.63, 3.8) is 0 Å². The van der Waals surface area contributed by atoms with Gasteiger partial charge < -0.3 is 5.11 Å². The second-order valence-corrected chi connectivity index (χ2v) is 6.34. The molecular formula is C15H24O2. The van der Waals surface area contributed by atoms with Crippen LogP contribution in [0, 0.1) is 10.8 Å². The molecule has 2 aliphatic carbocycles. The molecule has 2 saturated carbocycles. The average molecular weight is 236 g/mol. The van der Waals surface area contributed by atoms with Crippen molar-refractivity contribution < 1.29 is 9.90 Å². The van der Waals surface area contributed by atoms with Gasteiger partial charge >= 0.3 is 5.97 Å². The maximum absolute atomic E-state index is 11.0. The average Bonchev–Trinajstić information content (AvgIpc) is 2.57. The Hall–Kier alpha value is -0.790. The summed E-state index contributed by atoms with van der Waals surface area (Å²) in [7, 11) is 0. The van der Waals surface area contributed by atoms with E-state index in [9.17, 15) is 4.79 Å². The Kier molecular flexibility index (Phi) is 3.33. The van der Waals surface area contributed by atoms with Crippen molar-refractivity contribution in [3.05, 3.63) is 12.2 Å². The first kappa shape index (κ1) is 12.7. The maximum Gasteiger partial charge on any atom is 0.330 e. The number of aliphatic carboxylic acids is 1. The molecule has 1 atom stereocenters. The van der Waals surface area contributed by atoms with Crippen molar-refractivity contribution in [1.29, 1.82) is 0 Å². The van der Waals surface area contributed by atoms with Crippen LogP contribution in [0.3, 0.4) is 0 Å². The Morgan fingerprint density at radius 1 is 1.12 bits per heavy atom. The van der Waals surface area contributed by atoms with Gasteiger partial charge in [-0.1, -0.05) is 39.2 Å². The number of carboxylic acid groups (broad SMARTS) is 1. The molecular weight excluding hydrogens is 212 g/mol. The van der Waals surface area contributed by atoms with Gasteiger partial charge in [-0.25, -0.2) is 4.79 Å². The summed E-state index contributed by atoms with van der Waals surface area (Å²) in [6, 6.07) is 0. The van der Waals surface area contributed by atoms with Crippen molar-refractivity contribution in [3.8, 4) is 0 Å². The summed E-state index contributed by atoms with van der Waals surface area (Å²) in [5, 5.41) is 9.04. The summed E-state index contributed by atoms with van der Waals surface area (Å²) in [6.45, 7) is 6.05. The lowest BCUT2D eigenvalue weighted by Gasteiger charge is -2.47. The number of carboxylic acids is 1. The second kappa shape index (κ2) is 4.47. The highest BCUT2D eigenvalue weighted by Gasteiger charge is 2.51. The van der Waals surface area contributed by atoms with E-state index in [-0.39, 0.29) is 5.41 Å². The lowest BCUT2D eigenvalue weighted by atomic mass is 9.58. The van der Waals surface area contributed by atoms with Crippen LogP contribution < -0.4 is 0 Å². The van der Waals surface area contributed by atoms with E-state index in [4.69, 9.17) is 5.11 Å². The van der Waals surface area contributed by atoms with Crippen molar-refractivity contribution >= 4 is 5.97 Å². The zero-order valence-corrected chi connectivity index (χ0v) is 10.9. The summed E-state index contributed by atoms with van der Waals surface area (Å²) in [4.78, 5) is 11.0. The van der Waals surface area contributed by atoms with E-state index in [0.29, 0.717) is 17.4 Å². The Morgan fingerprint density at radius 3 is 2.29 bits per heavy atom. The van der Waals surface area contributed by atoms with Crippen molar-refractivity contribution in [1.82, 2.24) is 0 Å². The number of rotatable bonds is 3. The van der Waals surface area contributed by atoms with Gasteiger partial charge in [-0.3, -0.25) is 0 Å². The zero-order chi connectivity index (χ0) is 12.5. The second-order valence-electron chi connectivity index (χ2n) is 6.34. The molecule has 0 bridgehead atoms. The molecule has 0 saturated heterocycles. The first-order valence-electron chi connectivity index (χ1n) is 6.90. The molecule has 96 valence electrons. The molecule has 0 heterocycles. The van der Waals surface area contributed by atoms with E-state index >= 15 is 0 Å². The molecule has 1 N–H and O–H groups in total. The highest BCUT2D eigenvalue weighted by Crippen LogP contribution is 2.62. The molecule has 2 heteroatoms. The first-order valence-corrected chi connectivity index (χ1v) is 6.90. The van der Waals surface area contributed by atoms with Gasteiger partial charge in [0.1, 0.15) is 0 Å². The molecule has 1 unspecified atom stereocenters. The van der Waals surface area contributed by atoms with Gasteiger partial charge in [0.15, 0.2) is 0 Å². The lowest BCUT2D eigenvalue weighted by Crippen LogP contribution is -2.37. The molecule has 2 fully saturated rings. The van der Waals surface area contributed by atoms with Crippen LogP contribution in [0.5, 0.6) is 0 Å². The van der Waals surface area contributed by atoms with Crippen molar-refractivity contribution in [2.24, 2.45) is 10.8 Å². The van der Waals surface area contributed by atoms with Crippen LogP contribution in [0.2, 0.25) is 0 Å². The lowest BCUT2D eigenvalue weighted by molar-refractivity contribution is -0.133. The molecule has 0 aliphatic heterocycles. The minimum absolute atomic E-state index is 0.183. The Bertz CT molecular complexity index is 326. The van der Waals surface area contributed by atoms with Gasteiger partial charge in [0.05, 0.1) is 0 Å². The molecule has 0 aromatic carbocycles. The quantitative estimate of drug-likeness (QED) is 0.747. The Balaban J connectivity index is 2.16. The standard InChI is InChI=1S/C15H24O2/c1-12(13(16)17)11-14(2)7-6-10-15(14)8-4-3-5-9-15/h1,3-11H2,2H3,(H,16,17). The van der Waals surface area contributed by atoms with Crippen LogP contribution in [0.4, 0.5) is 0 Å². The molecule has 2 nitrogen and oxygen atoms in total. The maximum atomic E-state index is 11.0. The zero-order valence-electron chi connectivity index (χ0n) is 10.9. The normalized spacial score (nSPS) is 31.6. The number of carbonyl (C=O) groups is 1. The molecule has 0 amide bonds. The van der Waals surface area contributed by atoms with Crippen LogP contribution in [0.1, 0.15) is 64.7 Å². The molecule has 0 aromatic rings. The van der Waals surface area contributed by atoms with Crippen LogP contribution in [-0.2, 0) is 4.79 Å². The minimum atomic E-state index is -0.816. The van der Waals surface area contributed by atoms with E-state index < -0.39 is 5.97 Å². The predicted molar refractivity (Wildman–Crippen MR) is 68.9 cm³/mol. The first-order chi connectivity index (χ1) is 7.99. The third-order valence-electron chi connectivity index (χ3n) is 5.38. The molecule has 1 spiro atoms. The summed E-state index contributed by atoms with van der Waals surface area (Å²) in [6.07, 6.45) is 11.1. The van der Waals surface area contributed by atoms with Gasteiger partial charge in [0.25, 0.3) is 0 Å². The Labute approximate surface area is 104 Å². The smallest absolute Gasteiger partial charge is 0.330 e. The van der Waals surface area contributed by atoms with Crippen LogP contribution in [-0.4, -0.2) is 11.1 Å². The third-order valence-corrected chi connectivity index (χ3v) is 5.38. The largest absolute Gasteiger partial charge is 0.478 e. The van der Waals surface area contributed by atoms with E-state index in [1.165, 1.54) is 51.4 Å². The topological polar surface area (TPSA) is 37.3 Å².